The van der Waals surface area contributed by atoms with Gasteiger partial charge in [0.2, 0.25) is 0 Å². The lowest BCUT2D eigenvalue weighted by atomic mass is 9.75. The average Bonchev–Trinajstić information content (AvgIpc) is 2.33. The van der Waals surface area contributed by atoms with Crippen LogP contribution in [0.5, 0.6) is 0 Å². The smallest absolute Gasteiger partial charge is 0.146 e. The van der Waals surface area contributed by atoms with Crippen LogP contribution >= 0.6 is 15.9 Å². The third kappa shape index (κ3) is 3.81. The second-order valence-electron chi connectivity index (χ2n) is 6.02. The van der Waals surface area contributed by atoms with E-state index in [-0.39, 0.29) is 0 Å². The number of nitrogens with zero attached hydrogens (tertiary/aromatic N) is 2. The zero-order valence-corrected chi connectivity index (χ0v) is 13.5. The van der Waals surface area contributed by atoms with Gasteiger partial charge in [0, 0.05) is 12.6 Å². The summed E-state index contributed by atoms with van der Waals surface area (Å²) in [6.07, 6.45) is 6.63. The normalized spacial score (nSPS) is 22.0. The van der Waals surface area contributed by atoms with Gasteiger partial charge in [0.05, 0.1) is 0 Å². The molecule has 5 heteroatoms. The highest BCUT2D eigenvalue weighted by Crippen LogP contribution is 2.37. The largest absolute Gasteiger partial charge is 0.369 e. The minimum atomic E-state index is 0.430. The van der Waals surface area contributed by atoms with Crippen molar-refractivity contribution in [3.05, 3.63) is 10.8 Å². The van der Waals surface area contributed by atoms with Crippen LogP contribution in [-0.4, -0.2) is 22.6 Å². The molecule has 0 bridgehead atoms. The van der Waals surface area contributed by atoms with E-state index < -0.39 is 0 Å². The van der Waals surface area contributed by atoms with E-state index in [9.17, 15) is 0 Å². The Hall–Kier alpha value is -0.840. The summed E-state index contributed by atoms with van der Waals surface area (Å²) in [7, 11) is 0. The van der Waals surface area contributed by atoms with Gasteiger partial charge in [-0.1, -0.05) is 20.3 Å². The van der Waals surface area contributed by atoms with Gasteiger partial charge in [0.25, 0.3) is 0 Å². The van der Waals surface area contributed by atoms with Crippen LogP contribution in [0.3, 0.4) is 0 Å². The van der Waals surface area contributed by atoms with Crippen LogP contribution in [0.2, 0.25) is 0 Å². The van der Waals surface area contributed by atoms with Crippen molar-refractivity contribution in [3.8, 4) is 0 Å². The molecule has 0 saturated heterocycles. The molecule has 1 aliphatic rings. The molecule has 1 saturated carbocycles. The summed E-state index contributed by atoms with van der Waals surface area (Å²) in [6.45, 7) is 7.61. The monoisotopic (exact) mass is 326 g/mol. The third-order valence-electron chi connectivity index (χ3n) is 3.68. The van der Waals surface area contributed by atoms with E-state index in [0.717, 1.165) is 22.7 Å². The topological polar surface area (TPSA) is 49.8 Å². The molecule has 1 fully saturated rings. The molecular formula is C14H23BrN4. The molecule has 2 N–H and O–H groups in total. The molecule has 106 valence electrons. The van der Waals surface area contributed by atoms with Gasteiger partial charge in [0.1, 0.15) is 22.4 Å². The summed E-state index contributed by atoms with van der Waals surface area (Å²) in [5.74, 6) is 1.75. The molecule has 1 aromatic heterocycles. The van der Waals surface area contributed by atoms with Crippen LogP contribution in [-0.2, 0) is 0 Å². The van der Waals surface area contributed by atoms with Gasteiger partial charge in [-0.2, -0.15) is 0 Å². The molecular weight excluding hydrogens is 304 g/mol. The third-order valence-corrected chi connectivity index (χ3v) is 4.43. The number of halogens is 1. The minimum absolute atomic E-state index is 0.430. The van der Waals surface area contributed by atoms with E-state index in [1.807, 2.05) is 0 Å². The molecule has 1 aromatic rings. The lowest BCUT2D eigenvalue weighted by Crippen LogP contribution is -2.32. The number of aromatic nitrogens is 2. The van der Waals surface area contributed by atoms with Crippen molar-refractivity contribution in [2.75, 3.05) is 17.2 Å². The maximum atomic E-state index is 4.35. The summed E-state index contributed by atoms with van der Waals surface area (Å²) in [5, 5.41) is 6.80. The van der Waals surface area contributed by atoms with Crippen molar-refractivity contribution >= 4 is 27.6 Å². The molecule has 1 unspecified atom stereocenters. The molecule has 0 aliphatic heterocycles. The van der Waals surface area contributed by atoms with Gasteiger partial charge in [-0.05, 0) is 47.5 Å². The molecule has 0 spiro atoms. The van der Waals surface area contributed by atoms with E-state index in [1.54, 1.807) is 6.33 Å². The fraction of sp³-hybridized carbons (Fsp3) is 0.714. The first kappa shape index (κ1) is 14.6. The summed E-state index contributed by atoms with van der Waals surface area (Å²) >= 11 is 3.59. The van der Waals surface area contributed by atoms with E-state index in [4.69, 9.17) is 0 Å². The molecule has 1 aliphatic carbocycles. The maximum Gasteiger partial charge on any atom is 0.146 e. The minimum Gasteiger partial charge on any atom is -0.369 e. The zero-order valence-electron chi connectivity index (χ0n) is 12.0. The Bertz CT molecular complexity index is 433. The molecule has 1 atom stereocenters. The van der Waals surface area contributed by atoms with Crippen molar-refractivity contribution in [2.24, 2.45) is 5.41 Å². The van der Waals surface area contributed by atoms with Gasteiger partial charge in [0.15, 0.2) is 0 Å². The number of anilines is 2. The molecule has 2 rings (SSSR count). The highest BCUT2D eigenvalue weighted by Gasteiger charge is 2.28. The van der Waals surface area contributed by atoms with Crippen molar-refractivity contribution < 1.29 is 0 Å². The first-order valence-corrected chi connectivity index (χ1v) is 7.82. The molecule has 19 heavy (non-hydrogen) atoms. The van der Waals surface area contributed by atoms with E-state index in [0.29, 0.717) is 11.5 Å². The second-order valence-corrected chi connectivity index (χ2v) is 6.81. The SMILES string of the molecule is CCNc1ncnc(NC2CCCC(C)(C)C2)c1Br. The van der Waals surface area contributed by atoms with E-state index in [1.165, 1.54) is 25.7 Å². The summed E-state index contributed by atoms with van der Waals surface area (Å²) in [5.41, 5.74) is 0.430. The van der Waals surface area contributed by atoms with Gasteiger partial charge in [-0.25, -0.2) is 9.97 Å². The lowest BCUT2D eigenvalue weighted by molar-refractivity contribution is 0.229. The van der Waals surface area contributed by atoms with Crippen LogP contribution in [0.25, 0.3) is 0 Å². The number of hydrogen-bond donors (Lipinski definition) is 2. The van der Waals surface area contributed by atoms with Crippen molar-refractivity contribution in [1.29, 1.82) is 0 Å². The van der Waals surface area contributed by atoms with Crippen molar-refractivity contribution in [3.63, 3.8) is 0 Å². The van der Waals surface area contributed by atoms with Crippen LogP contribution < -0.4 is 10.6 Å². The Labute approximate surface area is 123 Å². The first-order chi connectivity index (χ1) is 9.02. The fourth-order valence-corrected chi connectivity index (χ4v) is 3.24. The first-order valence-electron chi connectivity index (χ1n) is 7.03. The molecule has 0 amide bonds. The molecule has 0 radical (unpaired) electrons. The Morgan fingerprint density at radius 1 is 1.37 bits per heavy atom. The van der Waals surface area contributed by atoms with Crippen LogP contribution in [0.4, 0.5) is 11.6 Å². The quantitative estimate of drug-likeness (QED) is 0.876. The van der Waals surface area contributed by atoms with E-state index >= 15 is 0 Å². The molecule has 0 aromatic carbocycles. The van der Waals surface area contributed by atoms with Gasteiger partial charge < -0.3 is 10.6 Å². The number of hydrogen-bond acceptors (Lipinski definition) is 4. The predicted octanol–water partition coefficient (Wildman–Crippen LogP) is 4.05. The highest BCUT2D eigenvalue weighted by molar-refractivity contribution is 9.10. The Morgan fingerprint density at radius 2 is 2.11 bits per heavy atom. The highest BCUT2D eigenvalue weighted by atomic mass is 79.9. The predicted molar refractivity (Wildman–Crippen MR) is 83.6 cm³/mol. The Kier molecular flexibility index (Phi) is 4.66. The van der Waals surface area contributed by atoms with Crippen LogP contribution in [0.15, 0.2) is 10.8 Å². The zero-order chi connectivity index (χ0) is 13.9. The number of nitrogens with one attached hydrogen (secondary N) is 2. The number of rotatable bonds is 4. The van der Waals surface area contributed by atoms with Crippen LogP contribution in [0, 0.1) is 5.41 Å². The van der Waals surface area contributed by atoms with Crippen LogP contribution in [0.1, 0.15) is 46.5 Å². The van der Waals surface area contributed by atoms with Crippen molar-refractivity contribution in [1.82, 2.24) is 9.97 Å². The van der Waals surface area contributed by atoms with Crippen molar-refractivity contribution in [2.45, 2.75) is 52.5 Å². The standard InChI is InChI=1S/C14H23BrN4/c1-4-16-12-11(15)13(18-9-17-12)19-10-6-5-7-14(2,3)8-10/h9-10H,4-8H2,1-3H3,(H2,16,17,18,19). The summed E-state index contributed by atoms with van der Waals surface area (Å²) in [6, 6.07) is 0.504. The lowest BCUT2D eigenvalue weighted by Gasteiger charge is -2.35. The van der Waals surface area contributed by atoms with Gasteiger partial charge in [-0.3, -0.25) is 0 Å². The summed E-state index contributed by atoms with van der Waals surface area (Å²) in [4.78, 5) is 8.60. The Balaban J connectivity index is 2.08. The maximum absolute atomic E-state index is 4.35. The fourth-order valence-electron chi connectivity index (χ4n) is 2.78. The molecule has 1 heterocycles. The second kappa shape index (κ2) is 6.07. The van der Waals surface area contributed by atoms with E-state index in [2.05, 4.69) is 57.3 Å². The average molecular weight is 327 g/mol. The molecule has 4 nitrogen and oxygen atoms in total. The van der Waals surface area contributed by atoms with Gasteiger partial charge >= 0.3 is 0 Å². The van der Waals surface area contributed by atoms with Gasteiger partial charge in [-0.15, -0.1) is 0 Å². The Morgan fingerprint density at radius 3 is 2.79 bits per heavy atom. The summed E-state index contributed by atoms with van der Waals surface area (Å²) < 4.78 is 0.931.